The molecule has 90 valence electrons. The van der Waals surface area contributed by atoms with E-state index < -0.39 is 0 Å². The van der Waals surface area contributed by atoms with Gasteiger partial charge in [0.1, 0.15) is 5.56 Å². The SMILES string of the molecule is CCCCN(C)C(=O)c1cn(CC)nc1N. The molecule has 0 radical (unpaired) electrons. The average molecular weight is 224 g/mol. The molecule has 0 atom stereocenters. The summed E-state index contributed by atoms with van der Waals surface area (Å²) >= 11 is 0. The maximum absolute atomic E-state index is 12.0. The van der Waals surface area contributed by atoms with E-state index in [2.05, 4.69) is 12.0 Å². The van der Waals surface area contributed by atoms with Crippen LogP contribution in [-0.4, -0.2) is 34.2 Å². The number of aryl methyl sites for hydroxylation is 1. The number of carbonyl (C=O) groups is 1. The van der Waals surface area contributed by atoms with Crippen molar-refractivity contribution in [2.24, 2.45) is 0 Å². The molecule has 0 unspecified atom stereocenters. The molecule has 16 heavy (non-hydrogen) atoms. The molecule has 1 heterocycles. The number of rotatable bonds is 5. The van der Waals surface area contributed by atoms with Crippen LogP contribution in [0.15, 0.2) is 6.20 Å². The Bertz CT molecular complexity index is 359. The molecule has 5 heteroatoms. The predicted octanol–water partition coefficient (Wildman–Crippen LogP) is 1.36. The molecule has 0 fully saturated rings. The summed E-state index contributed by atoms with van der Waals surface area (Å²) in [6, 6.07) is 0. The Labute approximate surface area is 96.2 Å². The molecule has 1 rings (SSSR count). The second-order valence-corrected chi connectivity index (χ2v) is 3.86. The Morgan fingerprint density at radius 2 is 2.25 bits per heavy atom. The highest BCUT2D eigenvalue weighted by atomic mass is 16.2. The molecule has 0 aliphatic carbocycles. The monoisotopic (exact) mass is 224 g/mol. The Morgan fingerprint density at radius 3 is 2.75 bits per heavy atom. The number of anilines is 1. The van der Waals surface area contributed by atoms with Gasteiger partial charge in [-0.1, -0.05) is 13.3 Å². The summed E-state index contributed by atoms with van der Waals surface area (Å²) in [5.74, 6) is 0.265. The zero-order chi connectivity index (χ0) is 12.1. The van der Waals surface area contributed by atoms with E-state index in [1.807, 2.05) is 6.92 Å². The van der Waals surface area contributed by atoms with Crippen LogP contribution in [0.3, 0.4) is 0 Å². The van der Waals surface area contributed by atoms with Crippen LogP contribution in [0.2, 0.25) is 0 Å². The number of carbonyl (C=O) groups excluding carboxylic acids is 1. The molecular weight excluding hydrogens is 204 g/mol. The molecule has 0 aromatic carbocycles. The number of amides is 1. The zero-order valence-electron chi connectivity index (χ0n) is 10.2. The number of aromatic nitrogens is 2. The van der Waals surface area contributed by atoms with Gasteiger partial charge in [0.15, 0.2) is 5.82 Å². The Hall–Kier alpha value is -1.52. The number of nitrogens with zero attached hydrogens (tertiary/aromatic N) is 3. The molecule has 1 aromatic heterocycles. The van der Waals surface area contributed by atoms with Gasteiger partial charge in [0.2, 0.25) is 0 Å². The number of nitrogen functional groups attached to an aromatic ring is 1. The molecule has 0 aliphatic heterocycles. The largest absolute Gasteiger partial charge is 0.382 e. The van der Waals surface area contributed by atoms with E-state index >= 15 is 0 Å². The van der Waals surface area contributed by atoms with Crippen molar-refractivity contribution in [2.45, 2.75) is 33.2 Å². The van der Waals surface area contributed by atoms with Crippen molar-refractivity contribution >= 4 is 11.7 Å². The summed E-state index contributed by atoms with van der Waals surface area (Å²) in [5.41, 5.74) is 6.21. The highest BCUT2D eigenvalue weighted by molar-refractivity contribution is 5.97. The summed E-state index contributed by atoms with van der Waals surface area (Å²) in [6.45, 7) is 5.53. The van der Waals surface area contributed by atoms with Gasteiger partial charge in [-0.05, 0) is 13.3 Å². The fourth-order valence-electron chi connectivity index (χ4n) is 1.47. The quantitative estimate of drug-likeness (QED) is 0.821. The molecule has 5 nitrogen and oxygen atoms in total. The molecule has 1 aromatic rings. The van der Waals surface area contributed by atoms with Gasteiger partial charge in [-0.3, -0.25) is 9.48 Å². The molecule has 0 saturated heterocycles. The minimum absolute atomic E-state index is 0.0503. The lowest BCUT2D eigenvalue weighted by atomic mass is 10.2. The lowest BCUT2D eigenvalue weighted by molar-refractivity contribution is 0.0794. The summed E-state index contributed by atoms with van der Waals surface area (Å²) in [7, 11) is 1.79. The third-order valence-corrected chi connectivity index (χ3v) is 2.54. The van der Waals surface area contributed by atoms with Gasteiger partial charge < -0.3 is 10.6 Å². The van der Waals surface area contributed by atoms with Crippen LogP contribution in [0.5, 0.6) is 0 Å². The number of nitrogens with two attached hydrogens (primary N) is 1. The summed E-state index contributed by atoms with van der Waals surface area (Å²) in [5, 5.41) is 4.06. The predicted molar refractivity (Wildman–Crippen MR) is 64.2 cm³/mol. The van der Waals surface area contributed by atoms with Crippen LogP contribution >= 0.6 is 0 Å². The van der Waals surface area contributed by atoms with Crippen LogP contribution in [0.4, 0.5) is 5.82 Å². The van der Waals surface area contributed by atoms with Gasteiger partial charge in [0, 0.05) is 26.3 Å². The first kappa shape index (κ1) is 12.5. The maximum atomic E-state index is 12.0. The van der Waals surface area contributed by atoms with Crippen molar-refractivity contribution in [3.63, 3.8) is 0 Å². The first-order valence-corrected chi connectivity index (χ1v) is 5.68. The van der Waals surface area contributed by atoms with Crippen molar-refractivity contribution < 1.29 is 4.79 Å². The van der Waals surface area contributed by atoms with Gasteiger partial charge in [-0.2, -0.15) is 5.10 Å². The standard InChI is InChI=1S/C11H20N4O/c1-4-6-7-14(3)11(16)9-8-15(5-2)13-10(9)12/h8H,4-7H2,1-3H3,(H2,12,13). The number of unbranched alkanes of at least 4 members (excludes halogenated alkanes) is 1. The number of hydrogen-bond donors (Lipinski definition) is 1. The third-order valence-electron chi connectivity index (χ3n) is 2.54. The highest BCUT2D eigenvalue weighted by Crippen LogP contribution is 2.11. The third kappa shape index (κ3) is 2.74. The van der Waals surface area contributed by atoms with Crippen LogP contribution in [0, 0.1) is 0 Å². The molecule has 2 N–H and O–H groups in total. The van der Waals surface area contributed by atoms with E-state index in [0.29, 0.717) is 11.4 Å². The molecule has 0 aliphatic rings. The molecule has 0 bridgehead atoms. The molecule has 0 spiro atoms. The fraction of sp³-hybridized carbons (Fsp3) is 0.636. The maximum Gasteiger partial charge on any atom is 0.258 e. The number of hydrogen-bond acceptors (Lipinski definition) is 3. The Balaban J connectivity index is 2.75. The van der Waals surface area contributed by atoms with Crippen LogP contribution in [0.25, 0.3) is 0 Å². The summed E-state index contributed by atoms with van der Waals surface area (Å²) in [6.07, 6.45) is 3.78. The van der Waals surface area contributed by atoms with E-state index in [4.69, 9.17) is 5.73 Å². The van der Waals surface area contributed by atoms with Gasteiger partial charge in [0.05, 0.1) is 0 Å². The minimum atomic E-state index is -0.0503. The van der Waals surface area contributed by atoms with E-state index in [-0.39, 0.29) is 5.91 Å². The fourth-order valence-corrected chi connectivity index (χ4v) is 1.47. The van der Waals surface area contributed by atoms with E-state index in [9.17, 15) is 4.79 Å². The minimum Gasteiger partial charge on any atom is -0.382 e. The Kier molecular flexibility index (Phi) is 4.34. The van der Waals surface area contributed by atoms with Crippen molar-refractivity contribution in [3.8, 4) is 0 Å². The van der Waals surface area contributed by atoms with Crippen LogP contribution in [-0.2, 0) is 6.54 Å². The lowest BCUT2D eigenvalue weighted by Crippen LogP contribution is -2.28. The molecule has 1 amide bonds. The van der Waals surface area contributed by atoms with E-state index in [1.165, 1.54) is 0 Å². The van der Waals surface area contributed by atoms with Gasteiger partial charge >= 0.3 is 0 Å². The van der Waals surface area contributed by atoms with Gasteiger partial charge in [-0.15, -0.1) is 0 Å². The topological polar surface area (TPSA) is 64.2 Å². The summed E-state index contributed by atoms with van der Waals surface area (Å²) < 4.78 is 1.68. The van der Waals surface area contributed by atoms with Gasteiger partial charge in [-0.25, -0.2) is 0 Å². The highest BCUT2D eigenvalue weighted by Gasteiger charge is 2.17. The average Bonchev–Trinajstić information content (AvgIpc) is 2.66. The zero-order valence-corrected chi connectivity index (χ0v) is 10.2. The first-order chi connectivity index (χ1) is 7.60. The normalized spacial score (nSPS) is 10.4. The van der Waals surface area contributed by atoms with Crippen LogP contribution < -0.4 is 5.73 Å². The van der Waals surface area contributed by atoms with Crippen molar-refractivity contribution in [1.82, 2.24) is 14.7 Å². The second-order valence-electron chi connectivity index (χ2n) is 3.86. The van der Waals surface area contributed by atoms with Gasteiger partial charge in [0.25, 0.3) is 5.91 Å². The molecule has 0 saturated carbocycles. The summed E-state index contributed by atoms with van der Waals surface area (Å²) in [4.78, 5) is 13.7. The molecular formula is C11H20N4O. The van der Waals surface area contributed by atoms with E-state index in [0.717, 1.165) is 25.9 Å². The van der Waals surface area contributed by atoms with Crippen molar-refractivity contribution in [3.05, 3.63) is 11.8 Å². The van der Waals surface area contributed by atoms with E-state index in [1.54, 1.807) is 22.8 Å². The van der Waals surface area contributed by atoms with Crippen molar-refractivity contribution in [2.75, 3.05) is 19.3 Å². The van der Waals surface area contributed by atoms with Crippen LogP contribution in [0.1, 0.15) is 37.0 Å². The van der Waals surface area contributed by atoms with Crippen molar-refractivity contribution in [1.29, 1.82) is 0 Å². The Morgan fingerprint density at radius 1 is 1.56 bits per heavy atom. The smallest absolute Gasteiger partial charge is 0.258 e. The second kappa shape index (κ2) is 5.53. The lowest BCUT2D eigenvalue weighted by Gasteiger charge is -2.15. The first-order valence-electron chi connectivity index (χ1n) is 5.68.